The summed E-state index contributed by atoms with van der Waals surface area (Å²) in [5.41, 5.74) is 0.429. The highest BCUT2D eigenvalue weighted by Crippen LogP contribution is 2.21. The molecule has 0 spiro atoms. The number of aromatic nitrogens is 1. The summed E-state index contributed by atoms with van der Waals surface area (Å²) in [5.74, 6) is -0.679. The van der Waals surface area contributed by atoms with Crippen molar-refractivity contribution in [2.45, 2.75) is 12.5 Å². The van der Waals surface area contributed by atoms with Gasteiger partial charge in [-0.05, 0) is 30.7 Å². The maximum Gasteiger partial charge on any atom is 0.255 e. The van der Waals surface area contributed by atoms with Crippen LogP contribution in [0.3, 0.4) is 0 Å². The van der Waals surface area contributed by atoms with Crippen LogP contribution in [0.5, 0.6) is 0 Å². The average Bonchev–Trinajstić information content (AvgIpc) is 2.89. The quantitative estimate of drug-likeness (QED) is 0.880. The van der Waals surface area contributed by atoms with Crippen molar-refractivity contribution in [3.63, 3.8) is 0 Å². The van der Waals surface area contributed by atoms with E-state index >= 15 is 0 Å². The summed E-state index contributed by atoms with van der Waals surface area (Å²) in [6.45, 7) is 0. The first-order valence-corrected chi connectivity index (χ1v) is 9.24. The Bertz CT molecular complexity index is 870. The summed E-state index contributed by atoms with van der Waals surface area (Å²) in [5, 5.41) is 5.50. The normalized spacial score (nSPS) is 19.0. The molecular formula is C16H16FN3O3S. The molecule has 2 heterocycles. The van der Waals surface area contributed by atoms with E-state index in [1.54, 1.807) is 24.3 Å². The highest BCUT2D eigenvalue weighted by atomic mass is 32.2. The molecule has 1 aliphatic rings. The minimum atomic E-state index is -3.08. The molecule has 1 amide bonds. The van der Waals surface area contributed by atoms with Gasteiger partial charge in [0.25, 0.3) is 5.91 Å². The van der Waals surface area contributed by atoms with Crippen molar-refractivity contribution in [2.24, 2.45) is 0 Å². The number of nitrogens with zero attached hydrogens (tertiary/aromatic N) is 1. The molecular weight excluding hydrogens is 333 g/mol. The van der Waals surface area contributed by atoms with Crippen LogP contribution in [0.25, 0.3) is 0 Å². The lowest BCUT2D eigenvalue weighted by Gasteiger charge is -2.14. The minimum Gasteiger partial charge on any atom is -0.348 e. The van der Waals surface area contributed by atoms with Gasteiger partial charge in [0, 0.05) is 12.2 Å². The van der Waals surface area contributed by atoms with E-state index in [1.807, 2.05) is 0 Å². The zero-order valence-electron chi connectivity index (χ0n) is 12.7. The maximum absolute atomic E-state index is 13.8. The average molecular weight is 349 g/mol. The van der Waals surface area contributed by atoms with Crippen LogP contribution in [0.1, 0.15) is 16.8 Å². The van der Waals surface area contributed by atoms with Crippen molar-refractivity contribution in [1.29, 1.82) is 0 Å². The van der Waals surface area contributed by atoms with Gasteiger partial charge in [0.05, 0.1) is 22.8 Å². The van der Waals surface area contributed by atoms with Crippen molar-refractivity contribution in [3.05, 3.63) is 54.0 Å². The Kier molecular flexibility index (Phi) is 4.48. The standard InChI is InChI=1S/C16H16FN3O3S/c17-13-5-1-2-6-14(13)20-15-12(4-3-8-18-15)16(21)19-11-7-9-24(22,23)10-11/h1-6,8,11H,7,9-10H2,(H,18,20)(H,19,21)/t11-/m1/s1. The van der Waals surface area contributed by atoms with Crippen molar-refractivity contribution in [3.8, 4) is 0 Å². The fourth-order valence-corrected chi connectivity index (χ4v) is 4.22. The fraction of sp³-hybridized carbons (Fsp3) is 0.250. The predicted molar refractivity (Wildman–Crippen MR) is 88.4 cm³/mol. The molecule has 6 nitrogen and oxygen atoms in total. The molecule has 8 heteroatoms. The van der Waals surface area contributed by atoms with Gasteiger partial charge in [-0.1, -0.05) is 12.1 Å². The highest BCUT2D eigenvalue weighted by molar-refractivity contribution is 7.91. The largest absolute Gasteiger partial charge is 0.348 e. The van der Waals surface area contributed by atoms with Crippen LogP contribution in [0.15, 0.2) is 42.6 Å². The third-order valence-electron chi connectivity index (χ3n) is 3.75. The molecule has 1 aromatic heterocycles. The summed E-state index contributed by atoms with van der Waals surface area (Å²) in [7, 11) is -3.08. The van der Waals surface area contributed by atoms with Crippen LogP contribution in [0.2, 0.25) is 0 Å². The zero-order chi connectivity index (χ0) is 17.2. The van der Waals surface area contributed by atoms with E-state index < -0.39 is 27.6 Å². The first-order valence-electron chi connectivity index (χ1n) is 7.42. The zero-order valence-corrected chi connectivity index (χ0v) is 13.5. The summed E-state index contributed by atoms with van der Waals surface area (Å²) in [4.78, 5) is 16.5. The molecule has 1 saturated heterocycles. The summed E-state index contributed by atoms with van der Waals surface area (Å²) in [6, 6.07) is 8.79. The fourth-order valence-electron chi connectivity index (χ4n) is 2.55. The Labute approximate surface area is 139 Å². The van der Waals surface area contributed by atoms with Gasteiger partial charge in [-0.2, -0.15) is 0 Å². The number of hydrogen-bond acceptors (Lipinski definition) is 5. The van der Waals surface area contributed by atoms with Crippen LogP contribution in [-0.2, 0) is 9.84 Å². The van der Waals surface area contributed by atoms with Crippen molar-refractivity contribution in [1.82, 2.24) is 10.3 Å². The number of pyridine rings is 1. The monoisotopic (exact) mass is 349 g/mol. The van der Waals surface area contributed by atoms with Gasteiger partial charge in [-0.3, -0.25) is 4.79 Å². The third-order valence-corrected chi connectivity index (χ3v) is 5.51. The van der Waals surface area contributed by atoms with Crippen molar-refractivity contribution in [2.75, 3.05) is 16.8 Å². The lowest BCUT2D eigenvalue weighted by atomic mass is 10.2. The molecule has 2 aromatic rings. The van der Waals surface area contributed by atoms with Gasteiger partial charge in [0.15, 0.2) is 9.84 Å². The number of carbonyl (C=O) groups is 1. The van der Waals surface area contributed by atoms with Crippen LogP contribution in [-0.4, -0.2) is 36.9 Å². The molecule has 24 heavy (non-hydrogen) atoms. The first kappa shape index (κ1) is 16.4. The Balaban J connectivity index is 1.79. The second-order valence-electron chi connectivity index (χ2n) is 5.58. The smallest absolute Gasteiger partial charge is 0.255 e. The Hall–Kier alpha value is -2.48. The number of carbonyl (C=O) groups excluding carboxylic acids is 1. The van der Waals surface area contributed by atoms with E-state index in [0.29, 0.717) is 6.42 Å². The van der Waals surface area contributed by atoms with Gasteiger partial charge >= 0.3 is 0 Å². The van der Waals surface area contributed by atoms with Gasteiger partial charge in [-0.25, -0.2) is 17.8 Å². The number of amides is 1. The number of anilines is 2. The molecule has 0 radical (unpaired) electrons. The van der Waals surface area contributed by atoms with Gasteiger partial charge in [0.2, 0.25) is 0 Å². The van der Waals surface area contributed by atoms with E-state index in [4.69, 9.17) is 0 Å². The van der Waals surface area contributed by atoms with Crippen LogP contribution in [0.4, 0.5) is 15.9 Å². The molecule has 1 aliphatic heterocycles. The minimum absolute atomic E-state index is 0.0604. The molecule has 0 unspecified atom stereocenters. The van der Waals surface area contributed by atoms with Gasteiger partial charge in [-0.15, -0.1) is 0 Å². The second-order valence-corrected chi connectivity index (χ2v) is 7.81. The number of hydrogen-bond donors (Lipinski definition) is 2. The molecule has 3 rings (SSSR count). The second kappa shape index (κ2) is 6.56. The van der Waals surface area contributed by atoms with Crippen LogP contribution < -0.4 is 10.6 Å². The molecule has 0 aliphatic carbocycles. The molecule has 1 atom stereocenters. The summed E-state index contributed by atoms with van der Waals surface area (Å²) in [6.07, 6.45) is 1.88. The van der Waals surface area contributed by atoms with Crippen LogP contribution >= 0.6 is 0 Å². The SMILES string of the molecule is O=C(N[C@@H]1CCS(=O)(=O)C1)c1cccnc1Nc1ccccc1F. The van der Waals surface area contributed by atoms with Crippen molar-refractivity contribution < 1.29 is 17.6 Å². The number of sulfone groups is 1. The topological polar surface area (TPSA) is 88.2 Å². The molecule has 1 fully saturated rings. The summed E-state index contributed by atoms with van der Waals surface area (Å²) < 4.78 is 36.7. The predicted octanol–water partition coefficient (Wildman–Crippen LogP) is 1.88. The molecule has 1 aromatic carbocycles. The number of para-hydroxylation sites is 1. The van der Waals surface area contributed by atoms with E-state index in [2.05, 4.69) is 15.6 Å². The molecule has 0 bridgehead atoms. The third kappa shape index (κ3) is 3.70. The molecule has 126 valence electrons. The maximum atomic E-state index is 13.8. The first-order chi connectivity index (χ1) is 11.4. The lowest BCUT2D eigenvalue weighted by molar-refractivity contribution is 0.0941. The van der Waals surface area contributed by atoms with E-state index in [1.165, 1.54) is 18.3 Å². The van der Waals surface area contributed by atoms with Gasteiger partial charge < -0.3 is 10.6 Å². The Morgan fingerprint density at radius 2 is 2.00 bits per heavy atom. The molecule has 0 saturated carbocycles. The highest BCUT2D eigenvalue weighted by Gasteiger charge is 2.29. The lowest BCUT2D eigenvalue weighted by Crippen LogP contribution is -2.36. The number of benzene rings is 1. The van der Waals surface area contributed by atoms with E-state index in [9.17, 15) is 17.6 Å². The van der Waals surface area contributed by atoms with Gasteiger partial charge in [0.1, 0.15) is 11.6 Å². The molecule has 2 N–H and O–H groups in total. The Morgan fingerprint density at radius 1 is 1.21 bits per heavy atom. The van der Waals surface area contributed by atoms with Crippen LogP contribution in [0, 0.1) is 5.82 Å². The summed E-state index contributed by atoms with van der Waals surface area (Å²) >= 11 is 0. The number of nitrogens with one attached hydrogen (secondary N) is 2. The number of halogens is 1. The Morgan fingerprint density at radius 3 is 2.71 bits per heavy atom. The number of rotatable bonds is 4. The van der Waals surface area contributed by atoms with E-state index in [0.717, 1.165) is 0 Å². The van der Waals surface area contributed by atoms with Crippen molar-refractivity contribution >= 4 is 27.2 Å². The van der Waals surface area contributed by atoms with E-state index in [-0.39, 0.29) is 28.6 Å².